The number of nitrogens with zero attached hydrogens (tertiary/aromatic N) is 5. The van der Waals surface area contributed by atoms with Crippen LogP contribution in [0.2, 0.25) is 0 Å². The number of carbonyl (C=O) groups excluding carboxylic acids is 1. The average molecular weight is 564 g/mol. The van der Waals surface area contributed by atoms with E-state index in [-0.39, 0.29) is 30.1 Å². The molecule has 1 fully saturated rings. The molecule has 1 aliphatic heterocycles. The lowest BCUT2D eigenvalue weighted by atomic mass is 10.2. The molecule has 0 bridgehead atoms. The Morgan fingerprint density at radius 2 is 1.81 bits per heavy atom. The number of halogens is 1. The number of nitrogens with one attached hydrogen (secondary N) is 2. The summed E-state index contributed by atoms with van der Waals surface area (Å²) in [5, 5.41) is 11.2. The van der Waals surface area contributed by atoms with Crippen LogP contribution in [0.15, 0.2) is 4.99 Å². The van der Waals surface area contributed by atoms with Gasteiger partial charge in [-0.25, -0.2) is 9.79 Å². The summed E-state index contributed by atoms with van der Waals surface area (Å²) in [7, 11) is 1.96. The Morgan fingerprint density at radius 1 is 1.16 bits per heavy atom. The molecule has 2 rings (SSSR count). The zero-order valence-corrected chi connectivity index (χ0v) is 23.2. The van der Waals surface area contributed by atoms with Crippen molar-refractivity contribution in [3.63, 3.8) is 0 Å². The summed E-state index contributed by atoms with van der Waals surface area (Å²) >= 11 is 0. The number of hydrogen-bond acceptors (Lipinski definition) is 5. The molecule has 0 unspecified atom stereocenters. The largest absolute Gasteiger partial charge is 0.444 e. The van der Waals surface area contributed by atoms with Crippen molar-refractivity contribution in [3.8, 4) is 0 Å². The summed E-state index contributed by atoms with van der Waals surface area (Å²) in [5.74, 6) is 0.833. The lowest BCUT2D eigenvalue weighted by Gasteiger charge is -2.35. The van der Waals surface area contributed by atoms with Crippen LogP contribution in [0, 0.1) is 13.8 Å². The first kappa shape index (κ1) is 28.5. The highest BCUT2D eigenvalue weighted by Gasteiger charge is 2.25. The van der Waals surface area contributed by atoms with E-state index in [1.807, 2.05) is 39.4 Å². The molecule has 1 saturated heterocycles. The van der Waals surface area contributed by atoms with E-state index in [1.54, 1.807) is 4.90 Å². The van der Waals surface area contributed by atoms with Gasteiger partial charge in [0.25, 0.3) is 0 Å². The summed E-state index contributed by atoms with van der Waals surface area (Å²) in [6.45, 7) is 18.4. The second-order valence-corrected chi connectivity index (χ2v) is 9.06. The number of aromatic nitrogens is 2. The monoisotopic (exact) mass is 563 g/mol. The molecule has 32 heavy (non-hydrogen) atoms. The minimum Gasteiger partial charge on any atom is -0.444 e. The third-order valence-corrected chi connectivity index (χ3v) is 5.37. The van der Waals surface area contributed by atoms with Crippen molar-refractivity contribution in [1.82, 2.24) is 30.2 Å². The van der Waals surface area contributed by atoms with Crippen LogP contribution in [0.5, 0.6) is 0 Å². The Balaban J connectivity index is 0.00000512. The Hall–Kier alpha value is -1.56. The SMILES string of the molecule is CCNC(=NCc1c(C)nn(C)c1C)NCCCN1CCN(C(=O)OC(C)(C)C)CC1.I. The van der Waals surface area contributed by atoms with Crippen molar-refractivity contribution in [2.45, 2.75) is 60.1 Å². The smallest absolute Gasteiger partial charge is 0.410 e. The predicted molar refractivity (Wildman–Crippen MR) is 140 cm³/mol. The molecule has 2 heterocycles. The maximum Gasteiger partial charge on any atom is 0.410 e. The Bertz CT molecular complexity index is 750. The third-order valence-electron chi connectivity index (χ3n) is 5.37. The van der Waals surface area contributed by atoms with Crippen molar-refractivity contribution >= 4 is 36.0 Å². The van der Waals surface area contributed by atoms with Gasteiger partial charge >= 0.3 is 6.09 Å². The van der Waals surface area contributed by atoms with Gasteiger partial charge in [-0.3, -0.25) is 9.58 Å². The van der Waals surface area contributed by atoms with Gasteiger partial charge in [0.05, 0.1) is 12.2 Å². The van der Waals surface area contributed by atoms with E-state index in [9.17, 15) is 4.79 Å². The van der Waals surface area contributed by atoms with Gasteiger partial charge in [-0.05, 0) is 54.5 Å². The summed E-state index contributed by atoms with van der Waals surface area (Å²) < 4.78 is 7.37. The van der Waals surface area contributed by atoms with Gasteiger partial charge in [0, 0.05) is 57.6 Å². The van der Waals surface area contributed by atoms with Crippen molar-refractivity contribution < 1.29 is 9.53 Å². The first-order valence-corrected chi connectivity index (χ1v) is 11.3. The highest BCUT2D eigenvalue weighted by atomic mass is 127. The predicted octanol–water partition coefficient (Wildman–Crippen LogP) is 2.65. The topological polar surface area (TPSA) is 87.0 Å². The van der Waals surface area contributed by atoms with E-state index in [2.05, 4.69) is 34.5 Å². The molecule has 0 aromatic carbocycles. The van der Waals surface area contributed by atoms with Gasteiger partial charge in [-0.1, -0.05) is 0 Å². The summed E-state index contributed by atoms with van der Waals surface area (Å²) in [4.78, 5) is 21.1. The molecule has 184 valence electrons. The lowest BCUT2D eigenvalue weighted by molar-refractivity contribution is 0.0145. The highest BCUT2D eigenvalue weighted by molar-refractivity contribution is 14.0. The van der Waals surface area contributed by atoms with Gasteiger partial charge in [0.2, 0.25) is 0 Å². The number of aryl methyl sites for hydroxylation is 2. The van der Waals surface area contributed by atoms with Crippen LogP contribution in [0.1, 0.15) is 51.1 Å². The second kappa shape index (κ2) is 13.2. The van der Waals surface area contributed by atoms with Crippen LogP contribution in [-0.2, 0) is 18.3 Å². The molecule has 1 amide bonds. The molecule has 0 radical (unpaired) electrons. The Labute approximate surface area is 210 Å². The second-order valence-electron chi connectivity index (χ2n) is 9.06. The van der Waals surface area contributed by atoms with Crippen LogP contribution in [0.25, 0.3) is 0 Å². The maximum absolute atomic E-state index is 12.2. The van der Waals surface area contributed by atoms with Gasteiger partial charge in [-0.2, -0.15) is 5.10 Å². The van der Waals surface area contributed by atoms with Crippen LogP contribution in [0.3, 0.4) is 0 Å². The van der Waals surface area contributed by atoms with Gasteiger partial charge in [0.1, 0.15) is 5.60 Å². The highest BCUT2D eigenvalue weighted by Crippen LogP contribution is 2.13. The molecule has 1 aliphatic rings. The molecule has 0 atom stereocenters. The van der Waals surface area contributed by atoms with Crippen LogP contribution in [-0.4, -0.2) is 83.0 Å². The van der Waals surface area contributed by atoms with Crippen LogP contribution >= 0.6 is 24.0 Å². The Morgan fingerprint density at radius 3 is 2.34 bits per heavy atom. The van der Waals surface area contributed by atoms with Gasteiger partial charge in [0.15, 0.2) is 5.96 Å². The quantitative estimate of drug-likeness (QED) is 0.230. The number of amides is 1. The fraction of sp³-hybridized carbons (Fsp3) is 0.773. The normalized spacial score (nSPS) is 15.3. The molecule has 2 N–H and O–H groups in total. The van der Waals surface area contributed by atoms with Crippen molar-refractivity contribution in [2.24, 2.45) is 12.0 Å². The number of rotatable bonds is 7. The molecule has 1 aromatic heterocycles. The minimum absolute atomic E-state index is 0. The van der Waals surface area contributed by atoms with E-state index in [0.717, 1.165) is 69.6 Å². The van der Waals surface area contributed by atoms with Gasteiger partial charge < -0.3 is 20.3 Å². The zero-order chi connectivity index (χ0) is 23.0. The van der Waals surface area contributed by atoms with Crippen LogP contribution < -0.4 is 10.6 Å². The summed E-state index contributed by atoms with van der Waals surface area (Å²) in [6.07, 6.45) is 0.807. The summed E-state index contributed by atoms with van der Waals surface area (Å²) in [6, 6.07) is 0. The fourth-order valence-electron chi connectivity index (χ4n) is 3.54. The standard InChI is InChI=1S/C22H41N7O2.HI/c1-8-23-20(25-16-19-17(2)26-27(7)18(19)3)24-10-9-11-28-12-14-29(15-13-28)21(30)31-22(4,5)6;/h8-16H2,1-7H3,(H2,23,24,25);1H. The van der Waals surface area contributed by atoms with E-state index in [1.165, 1.54) is 5.56 Å². The van der Waals surface area contributed by atoms with E-state index in [4.69, 9.17) is 9.73 Å². The van der Waals surface area contributed by atoms with Crippen LogP contribution in [0.4, 0.5) is 4.79 Å². The lowest BCUT2D eigenvalue weighted by Crippen LogP contribution is -2.50. The maximum atomic E-state index is 12.2. The first-order valence-electron chi connectivity index (χ1n) is 11.3. The van der Waals surface area contributed by atoms with Crippen molar-refractivity contribution in [2.75, 3.05) is 45.8 Å². The molecular formula is C22H42IN7O2. The molecule has 0 spiro atoms. The van der Waals surface area contributed by atoms with Crippen molar-refractivity contribution in [3.05, 3.63) is 17.0 Å². The van der Waals surface area contributed by atoms with E-state index < -0.39 is 5.60 Å². The number of guanidine groups is 1. The average Bonchev–Trinajstić information content (AvgIpc) is 2.93. The molecule has 0 saturated carbocycles. The first-order chi connectivity index (χ1) is 14.6. The van der Waals surface area contributed by atoms with E-state index in [0.29, 0.717) is 6.54 Å². The third kappa shape index (κ3) is 9.13. The number of hydrogen-bond donors (Lipinski definition) is 2. The Kier molecular flexibility index (Phi) is 11.8. The van der Waals surface area contributed by atoms with Crippen molar-refractivity contribution in [1.29, 1.82) is 0 Å². The number of piperazine rings is 1. The number of aliphatic imine (C=N–C) groups is 1. The molecule has 9 nitrogen and oxygen atoms in total. The number of carbonyl (C=O) groups is 1. The fourth-order valence-corrected chi connectivity index (χ4v) is 3.54. The molecule has 10 heteroatoms. The molecule has 1 aromatic rings. The van der Waals surface area contributed by atoms with E-state index >= 15 is 0 Å². The minimum atomic E-state index is -0.444. The number of ether oxygens (including phenoxy) is 1. The van der Waals surface area contributed by atoms with Gasteiger partial charge in [-0.15, -0.1) is 24.0 Å². The summed E-state index contributed by atoms with van der Waals surface area (Å²) in [5.41, 5.74) is 2.93. The molecule has 0 aliphatic carbocycles. The molecular weight excluding hydrogens is 521 g/mol. The zero-order valence-electron chi connectivity index (χ0n) is 20.8.